The second-order valence-electron chi connectivity index (χ2n) is 4.66. The van der Waals surface area contributed by atoms with Crippen molar-refractivity contribution in [1.82, 2.24) is 10.2 Å². The Hall–Kier alpha value is -2.54. The van der Waals surface area contributed by atoms with Crippen molar-refractivity contribution in [2.45, 2.75) is 0 Å². The smallest absolute Gasteiger partial charge is 0.257 e. The number of amides is 1. The SMILES string of the molecule is C=CCN(CC=C)C(=S)NC(=O)c1cc(OC)c(OC)c(OC)c1. The Balaban J connectivity index is 3.04. The second kappa shape index (κ2) is 9.57. The van der Waals surface area contributed by atoms with Crippen LogP contribution in [-0.4, -0.2) is 50.3 Å². The lowest BCUT2D eigenvalue weighted by Crippen LogP contribution is -2.42. The van der Waals surface area contributed by atoms with Crippen LogP contribution in [0.4, 0.5) is 0 Å². The summed E-state index contributed by atoms with van der Waals surface area (Å²) in [5, 5.41) is 2.96. The van der Waals surface area contributed by atoms with Gasteiger partial charge in [-0.2, -0.15) is 0 Å². The molecular weight excluding hydrogens is 328 g/mol. The molecule has 0 aliphatic carbocycles. The predicted molar refractivity (Wildman–Crippen MR) is 98.1 cm³/mol. The Labute approximate surface area is 147 Å². The molecule has 0 aliphatic rings. The standard InChI is InChI=1S/C17H22N2O4S/c1-6-8-19(9-7-2)17(24)18-16(20)12-10-13(21-3)15(23-5)14(11-12)22-4/h6-7,10-11H,1-2,8-9H2,3-5H3,(H,18,20,24). The molecule has 0 bridgehead atoms. The molecule has 0 spiro atoms. The summed E-state index contributed by atoms with van der Waals surface area (Å²) in [5.74, 6) is 0.820. The van der Waals surface area contributed by atoms with E-state index in [4.69, 9.17) is 26.4 Å². The van der Waals surface area contributed by atoms with E-state index in [1.807, 2.05) is 0 Å². The van der Waals surface area contributed by atoms with E-state index in [-0.39, 0.29) is 11.0 Å². The van der Waals surface area contributed by atoms with Gasteiger partial charge < -0.3 is 19.1 Å². The number of hydrogen-bond acceptors (Lipinski definition) is 5. The van der Waals surface area contributed by atoms with Crippen LogP contribution in [0.1, 0.15) is 10.4 Å². The average Bonchev–Trinajstić information content (AvgIpc) is 2.59. The van der Waals surface area contributed by atoms with Gasteiger partial charge in [-0.1, -0.05) is 12.2 Å². The van der Waals surface area contributed by atoms with Gasteiger partial charge in [-0.3, -0.25) is 10.1 Å². The maximum atomic E-state index is 12.5. The number of carbonyl (C=O) groups is 1. The lowest BCUT2D eigenvalue weighted by atomic mass is 10.1. The Morgan fingerprint density at radius 1 is 1.12 bits per heavy atom. The molecule has 0 radical (unpaired) electrons. The van der Waals surface area contributed by atoms with E-state index in [2.05, 4.69) is 18.5 Å². The Morgan fingerprint density at radius 3 is 2.00 bits per heavy atom. The molecule has 0 atom stereocenters. The van der Waals surface area contributed by atoms with Crippen LogP contribution in [0.3, 0.4) is 0 Å². The molecule has 130 valence electrons. The summed E-state index contributed by atoms with van der Waals surface area (Å²) in [6, 6.07) is 3.12. The third kappa shape index (κ3) is 4.73. The van der Waals surface area contributed by atoms with Crippen molar-refractivity contribution >= 4 is 23.2 Å². The Kier molecular flexibility index (Phi) is 7.77. The molecule has 0 fully saturated rings. The molecule has 1 aromatic carbocycles. The third-order valence-corrected chi connectivity index (χ3v) is 3.49. The van der Waals surface area contributed by atoms with Crippen LogP contribution in [-0.2, 0) is 0 Å². The highest BCUT2D eigenvalue weighted by atomic mass is 32.1. The minimum absolute atomic E-state index is 0.286. The first-order chi connectivity index (χ1) is 11.5. The highest BCUT2D eigenvalue weighted by Crippen LogP contribution is 2.38. The van der Waals surface area contributed by atoms with Gasteiger partial charge in [0.1, 0.15) is 0 Å². The van der Waals surface area contributed by atoms with Gasteiger partial charge in [-0.25, -0.2) is 0 Å². The average molecular weight is 350 g/mol. The summed E-state index contributed by atoms with van der Waals surface area (Å²) in [4.78, 5) is 14.2. The number of hydrogen-bond donors (Lipinski definition) is 1. The normalized spacial score (nSPS) is 9.62. The quantitative estimate of drug-likeness (QED) is 0.574. The van der Waals surface area contributed by atoms with Crippen molar-refractivity contribution in [1.29, 1.82) is 0 Å². The number of benzene rings is 1. The van der Waals surface area contributed by atoms with Crippen LogP contribution in [0, 0.1) is 0 Å². The van der Waals surface area contributed by atoms with E-state index in [1.165, 1.54) is 21.3 Å². The van der Waals surface area contributed by atoms with Crippen molar-refractivity contribution < 1.29 is 19.0 Å². The van der Waals surface area contributed by atoms with Crippen LogP contribution in [0.15, 0.2) is 37.4 Å². The van der Waals surface area contributed by atoms with Gasteiger partial charge in [-0.05, 0) is 24.4 Å². The number of nitrogens with one attached hydrogen (secondary N) is 1. The van der Waals surface area contributed by atoms with E-state index in [9.17, 15) is 4.79 Å². The van der Waals surface area contributed by atoms with Gasteiger partial charge in [0, 0.05) is 18.7 Å². The number of methoxy groups -OCH3 is 3. The van der Waals surface area contributed by atoms with Gasteiger partial charge in [-0.15, -0.1) is 13.2 Å². The summed E-state index contributed by atoms with van der Waals surface area (Å²) in [6.45, 7) is 8.34. The lowest BCUT2D eigenvalue weighted by molar-refractivity contribution is 0.0973. The molecular formula is C17H22N2O4S. The molecule has 24 heavy (non-hydrogen) atoms. The molecule has 0 saturated heterocycles. The van der Waals surface area contributed by atoms with E-state index in [0.717, 1.165) is 0 Å². The zero-order chi connectivity index (χ0) is 18.1. The Bertz CT molecular complexity index is 596. The van der Waals surface area contributed by atoms with Gasteiger partial charge in [0.05, 0.1) is 21.3 Å². The molecule has 0 aromatic heterocycles. The fourth-order valence-corrected chi connectivity index (χ4v) is 2.25. The summed E-state index contributed by atoms with van der Waals surface area (Å²) in [6.07, 6.45) is 3.39. The van der Waals surface area contributed by atoms with Crippen LogP contribution in [0.25, 0.3) is 0 Å². The number of nitrogens with zero attached hydrogens (tertiary/aromatic N) is 1. The first kappa shape index (κ1) is 19.5. The predicted octanol–water partition coefficient (Wildman–Crippen LogP) is 2.40. The van der Waals surface area contributed by atoms with Crippen molar-refractivity contribution in [2.75, 3.05) is 34.4 Å². The van der Waals surface area contributed by atoms with Gasteiger partial charge in [0.2, 0.25) is 5.75 Å². The molecule has 0 aliphatic heterocycles. The minimum atomic E-state index is -0.377. The van der Waals surface area contributed by atoms with Crippen LogP contribution >= 0.6 is 12.2 Å². The van der Waals surface area contributed by atoms with Crippen LogP contribution in [0.5, 0.6) is 17.2 Å². The van der Waals surface area contributed by atoms with Crippen molar-refractivity contribution in [3.8, 4) is 17.2 Å². The summed E-state index contributed by atoms with van der Waals surface area (Å²) < 4.78 is 15.7. The zero-order valence-electron chi connectivity index (χ0n) is 14.1. The monoisotopic (exact) mass is 350 g/mol. The summed E-state index contributed by atoms with van der Waals surface area (Å²) in [5.41, 5.74) is 0.337. The highest BCUT2D eigenvalue weighted by Gasteiger charge is 2.18. The lowest BCUT2D eigenvalue weighted by Gasteiger charge is -2.22. The van der Waals surface area contributed by atoms with Gasteiger partial charge in [0.15, 0.2) is 16.6 Å². The highest BCUT2D eigenvalue weighted by molar-refractivity contribution is 7.80. The number of rotatable bonds is 8. The largest absolute Gasteiger partial charge is 0.493 e. The molecule has 1 rings (SSSR count). The van der Waals surface area contributed by atoms with Crippen molar-refractivity contribution in [3.63, 3.8) is 0 Å². The van der Waals surface area contributed by atoms with Crippen molar-refractivity contribution in [3.05, 3.63) is 43.0 Å². The van der Waals surface area contributed by atoms with E-state index in [0.29, 0.717) is 35.9 Å². The van der Waals surface area contributed by atoms with Crippen LogP contribution in [0.2, 0.25) is 0 Å². The zero-order valence-corrected chi connectivity index (χ0v) is 14.9. The molecule has 7 heteroatoms. The van der Waals surface area contributed by atoms with Gasteiger partial charge in [0.25, 0.3) is 5.91 Å². The number of ether oxygens (including phenoxy) is 3. The fourth-order valence-electron chi connectivity index (χ4n) is 2.01. The first-order valence-corrected chi connectivity index (χ1v) is 7.55. The molecule has 0 heterocycles. The molecule has 0 saturated carbocycles. The van der Waals surface area contributed by atoms with E-state index >= 15 is 0 Å². The first-order valence-electron chi connectivity index (χ1n) is 7.14. The molecule has 1 N–H and O–H groups in total. The Morgan fingerprint density at radius 2 is 1.62 bits per heavy atom. The summed E-state index contributed by atoms with van der Waals surface area (Å²) >= 11 is 5.26. The maximum absolute atomic E-state index is 12.5. The number of carbonyl (C=O) groups excluding carboxylic acids is 1. The van der Waals surface area contributed by atoms with E-state index < -0.39 is 0 Å². The molecule has 1 amide bonds. The third-order valence-electron chi connectivity index (χ3n) is 3.13. The minimum Gasteiger partial charge on any atom is -0.493 e. The fraction of sp³-hybridized carbons (Fsp3) is 0.294. The van der Waals surface area contributed by atoms with Crippen LogP contribution < -0.4 is 19.5 Å². The second-order valence-corrected chi connectivity index (χ2v) is 5.04. The molecule has 1 aromatic rings. The topological polar surface area (TPSA) is 60.0 Å². The number of thiocarbonyl (C=S) groups is 1. The van der Waals surface area contributed by atoms with Crippen molar-refractivity contribution in [2.24, 2.45) is 0 Å². The molecule has 0 unspecified atom stereocenters. The van der Waals surface area contributed by atoms with E-state index in [1.54, 1.807) is 29.2 Å². The maximum Gasteiger partial charge on any atom is 0.257 e. The van der Waals surface area contributed by atoms with Gasteiger partial charge >= 0.3 is 0 Å². The molecule has 6 nitrogen and oxygen atoms in total. The summed E-state index contributed by atoms with van der Waals surface area (Å²) in [7, 11) is 4.47.